The predicted octanol–water partition coefficient (Wildman–Crippen LogP) is 1.93. The van der Waals surface area contributed by atoms with Gasteiger partial charge < -0.3 is 10.5 Å². The molecule has 0 amide bonds. The van der Waals surface area contributed by atoms with Crippen molar-refractivity contribution in [2.45, 2.75) is 18.4 Å². The molecule has 2 rings (SSSR count). The molecule has 1 unspecified atom stereocenters. The average molecular weight is 213 g/mol. The lowest BCUT2D eigenvalue weighted by Crippen LogP contribution is -2.45. The second-order valence-corrected chi connectivity index (χ2v) is 3.94. The molecule has 0 aliphatic carbocycles. The lowest BCUT2D eigenvalue weighted by atomic mass is 9.85. The van der Waals surface area contributed by atoms with E-state index in [0.717, 1.165) is 12.5 Å². The summed E-state index contributed by atoms with van der Waals surface area (Å²) in [6.45, 7) is 0.942. The van der Waals surface area contributed by atoms with E-state index in [0.29, 0.717) is 18.6 Å². The molecule has 1 aliphatic heterocycles. The van der Waals surface area contributed by atoms with Gasteiger partial charge in [0.2, 0.25) is 0 Å². The van der Waals surface area contributed by atoms with Gasteiger partial charge in [0.1, 0.15) is 11.6 Å². The van der Waals surface area contributed by atoms with Crippen molar-refractivity contribution < 1.29 is 13.5 Å². The van der Waals surface area contributed by atoms with E-state index in [1.54, 1.807) is 0 Å². The summed E-state index contributed by atoms with van der Waals surface area (Å²) >= 11 is 0. The van der Waals surface area contributed by atoms with Gasteiger partial charge in [-0.3, -0.25) is 0 Å². The van der Waals surface area contributed by atoms with Crippen molar-refractivity contribution in [3.8, 4) is 0 Å². The minimum atomic E-state index is -0.809. The molecule has 1 aromatic carbocycles. The quantitative estimate of drug-likeness (QED) is 0.773. The van der Waals surface area contributed by atoms with Crippen molar-refractivity contribution in [1.29, 1.82) is 0 Å². The van der Waals surface area contributed by atoms with Gasteiger partial charge in [-0.1, -0.05) is 6.07 Å². The molecule has 1 saturated heterocycles. The van der Waals surface area contributed by atoms with Gasteiger partial charge in [0, 0.05) is 18.2 Å². The van der Waals surface area contributed by atoms with Crippen LogP contribution in [0.2, 0.25) is 0 Å². The van der Waals surface area contributed by atoms with E-state index >= 15 is 0 Å². The molecule has 2 N–H and O–H groups in total. The van der Waals surface area contributed by atoms with Crippen LogP contribution in [-0.4, -0.2) is 13.2 Å². The third-order valence-corrected chi connectivity index (χ3v) is 2.74. The first-order valence-electron chi connectivity index (χ1n) is 4.94. The molecule has 1 atom stereocenters. The Morgan fingerprint density at radius 3 is 2.73 bits per heavy atom. The predicted molar refractivity (Wildman–Crippen MR) is 52.3 cm³/mol. The van der Waals surface area contributed by atoms with Gasteiger partial charge in [-0.05, 0) is 18.9 Å². The molecule has 0 bridgehead atoms. The molecule has 0 spiro atoms. The molecule has 1 fully saturated rings. The highest BCUT2D eigenvalue weighted by Crippen LogP contribution is 2.29. The molecule has 0 aromatic heterocycles. The highest BCUT2D eigenvalue weighted by Gasteiger charge is 2.32. The van der Waals surface area contributed by atoms with E-state index in [-0.39, 0.29) is 6.61 Å². The molecule has 0 saturated carbocycles. The van der Waals surface area contributed by atoms with Gasteiger partial charge in [-0.25, -0.2) is 8.78 Å². The van der Waals surface area contributed by atoms with Gasteiger partial charge in [0.15, 0.2) is 0 Å². The summed E-state index contributed by atoms with van der Waals surface area (Å²) in [6.07, 6.45) is 1.46. The summed E-state index contributed by atoms with van der Waals surface area (Å²) in [4.78, 5) is 0. The monoisotopic (exact) mass is 213 g/mol. The van der Waals surface area contributed by atoms with E-state index in [1.165, 1.54) is 12.1 Å². The maximum atomic E-state index is 13.5. The van der Waals surface area contributed by atoms with E-state index in [4.69, 9.17) is 10.5 Å². The maximum absolute atomic E-state index is 13.5. The zero-order valence-corrected chi connectivity index (χ0v) is 8.30. The Morgan fingerprint density at radius 2 is 2.13 bits per heavy atom. The molecule has 1 aromatic rings. The van der Waals surface area contributed by atoms with E-state index < -0.39 is 17.2 Å². The highest BCUT2D eigenvalue weighted by atomic mass is 19.1. The minimum absolute atomic E-state index is 0.287. The topological polar surface area (TPSA) is 35.2 Å². The number of hydrogen-bond donors (Lipinski definition) is 1. The van der Waals surface area contributed by atoms with Crippen molar-refractivity contribution in [2.24, 2.45) is 5.73 Å². The molecule has 1 heterocycles. The molecular formula is C11H13F2NO. The average Bonchev–Trinajstić information content (AvgIpc) is 2.18. The summed E-state index contributed by atoms with van der Waals surface area (Å²) in [6, 6.07) is 3.49. The van der Waals surface area contributed by atoms with Gasteiger partial charge in [-0.2, -0.15) is 0 Å². The number of hydrogen-bond acceptors (Lipinski definition) is 2. The fraction of sp³-hybridized carbons (Fsp3) is 0.455. The van der Waals surface area contributed by atoms with E-state index in [2.05, 4.69) is 0 Å². The number of ether oxygens (including phenoxy) is 1. The summed E-state index contributed by atoms with van der Waals surface area (Å²) < 4.78 is 31.5. The zero-order chi connectivity index (χ0) is 10.9. The van der Waals surface area contributed by atoms with Crippen LogP contribution in [0.1, 0.15) is 18.4 Å². The Balaban J connectivity index is 2.35. The van der Waals surface area contributed by atoms with Crippen molar-refractivity contribution in [1.82, 2.24) is 0 Å². The Hall–Kier alpha value is -1.00. The van der Waals surface area contributed by atoms with Crippen LogP contribution in [0.3, 0.4) is 0 Å². The first-order valence-corrected chi connectivity index (χ1v) is 4.94. The van der Waals surface area contributed by atoms with Crippen LogP contribution in [-0.2, 0) is 10.3 Å². The van der Waals surface area contributed by atoms with Gasteiger partial charge in [0.05, 0.1) is 12.1 Å². The number of benzene rings is 1. The van der Waals surface area contributed by atoms with E-state index in [9.17, 15) is 8.78 Å². The largest absolute Gasteiger partial charge is 0.379 e. The molecule has 15 heavy (non-hydrogen) atoms. The number of rotatable bonds is 1. The van der Waals surface area contributed by atoms with Gasteiger partial charge in [-0.15, -0.1) is 0 Å². The summed E-state index contributed by atoms with van der Waals surface area (Å²) in [5, 5.41) is 0. The Bertz CT molecular complexity index is 362. The van der Waals surface area contributed by atoms with Crippen LogP contribution in [0.4, 0.5) is 8.78 Å². The Kier molecular flexibility index (Phi) is 2.71. The van der Waals surface area contributed by atoms with Gasteiger partial charge in [0.25, 0.3) is 0 Å². The Labute approximate surface area is 87.0 Å². The van der Waals surface area contributed by atoms with Crippen LogP contribution in [0.25, 0.3) is 0 Å². The summed E-state index contributed by atoms with van der Waals surface area (Å²) in [5.41, 5.74) is 5.57. The Morgan fingerprint density at radius 1 is 1.33 bits per heavy atom. The maximum Gasteiger partial charge on any atom is 0.131 e. The first-order chi connectivity index (χ1) is 7.12. The zero-order valence-electron chi connectivity index (χ0n) is 8.30. The van der Waals surface area contributed by atoms with Crippen molar-refractivity contribution in [3.63, 3.8) is 0 Å². The lowest BCUT2D eigenvalue weighted by molar-refractivity contribution is 0.0351. The first kappa shape index (κ1) is 10.5. The molecular weight excluding hydrogens is 200 g/mol. The van der Waals surface area contributed by atoms with Crippen LogP contribution in [0.15, 0.2) is 18.2 Å². The second kappa shape index (κ2) is 3.87. The minimum Gasteiger partial charge on any atom is -0.379 e. The number of halogens is 2. The molecule has 4 heteroatoms. The van der Waals surface area contributed by atoms with Crippen LogP contribution in [0, 0.1) is 11.6 Å². The lowest BCUT2D eigenvalue weighted by Gasteiger charge is -2.33. The van der Waals surface area contributed by atoms with Crippen LogP contribution >= 0.6 is 0 Å². The van der Waals surface area contributed by atoms with E-state index in [1.807, 2.05) is 0 Å². The second-order valence-electron chi connectivity index (χ2n) is 3.94. The SMILES string of the molecule is NC1(c2ccc(F)cc2F)CCCOC1. The molecule has 1 aliphatic rings. The van der Waals surface area contributed by atoms with Crippen LogP contribution < -0.4 is 5.73 Å². The fourth-order valence-electron chi connectivity index (χ4n) is 1.92. The normalized spacial score (nSPS) is 26.6. The number of nitrogens with two attached hydrogens (primary N) is 1. The molecule has 0 radical (unpaired) electrons. The smallest absolute Gasteiger partial charge is 0.131 e. The molecule has 2 nitrogen and oxygen atoms in total. The standard InChI is InChI=1S/C11H13F2NO/c12-8-2-3-9(10(13)6-8)11(14)4-1-5-15-7-11/h2-3,6H,1,4-5,7,14H2. The third-order valence-electron chi connectivity index (χ3n) is 2.74. The summed E-state index contributed by atoms with van der Waals surface area (Å²) in [7, 11) is 0. The van der Waals surface area contributed by atoms with Gasteiger partial charge >= 0.3 is 0 Å². The summed E-state index contributed by atoms with van der Waals surface area (Å²) in [5.74, 6) is -1.18. The van der Waals surface area contributed by atoms with Crippen molar-refractivity contribution in [2.75, 3.05) is 13.2 Å². The highest BCUT2D eigenvalue weighted by molar-refractivity contribution is 5.27. The van der Waals surface area contributed by atoms with Crippen LogP contribution in [0.5, 0.6) is 0 Å². The van der Waals surface area contributed by atoms with Crippen molar-refractivity contribution >= 4 is 0 Å². The third kappa shape index (κ3) is 2.01. The molecule has 82 valence electrons. The van der Waals surface area contributed by atoms with Crippen molar-refractivity contribution in [3.05, 3.63) is 35.4 Å². The fourth-order valence-corrected chi connectivity index (χ4v) is 1.92.